The molecule has 1 N–H and O–H groups in total. The van der Waals surface area contributed by atoms with Gasteiger partial charge < -0.3 is 4.74 Å². The van der Waals surface area contributed by atoms with Crippen LogP contribution in [0.3, 0.4) is 0 Å². The summed E-state index contributed by atoms with van der Waals surface area (Å²) in [6.07, 6.45) is 3.69. The highest BCUT2D eigenvalue weighted by molar-refractivity contribution is 5.87. The van der Waals surface area contributed by atoms with E-state index in [4.69, 9.17) is 10.00 Å². The average molecular weight is 317 g/mol. The maximum Gasteiger partial charge on any atom is 0.282 e. The molecule has 3 aromatic rings. The number of aromatic amines is 1. The number of fused-ring (bicyclic) bond motifs is 1. The first-order valence-corrected chi connectivity index (χ1v) is 7.37. The molecule has 0 fully saturated rings. The Morgan fingerprint density at radius 2 is 1.92 bits per heavy atom. The average Bonchev–Trinajstić information content (AvgIpc) is 2.61. The number of H-pyrrole nitrogens is 1. The minimum atomic E-state index is -0.466. The maximum atomic E-state index is 11.5. The van der Waals surface area contributed by atoms with Gasteiger partial charge in [0.25, 0.3) is 5.56 Å². The first kappa shape index (κ1) is 15.5. The zero-order valence-electron chi connectivity index (χ0n) is 13.3. The van der Waals surface area contributed by atoms with E-state index in [1.165, 1.54) is 0 Å². The minimum absolute atomic E-state index is 0.0928. The molecule has 1 heterocycles. The number of nitrogens with one attached hydrogen (secondary N) is 1. The molecule has 1 aromatic heterocycles. The summed E-state index contributed by atoms with van der Waals surface area (Å²) in [6, 6.07) is 13.9. The van der Waals surface area contributed by atoms with E-state index in [1.54, 1.807) is 20.1 Å². The molecule has 0 aliphatic heterocycles. The monoisotopic (exact) mass is 317 g/mol. The third-order valence-electron chi connectivity index (χ3n) is 3.88. The fraction of sp³-hybridized carbons (Fsp3) is 0.105. The molecule has 0 aliphatic rings. The molecule has 0 saturated carbocycles. The summed E-state index contributed by atoms with van der Waals surface area (Å²) < 4.78 is 5.22. The lowest BCUT2D eigenvalue weighted by atomic mass is 10.1. The predicted molar refractivity (Wildman–Crippen MR) is 93.7 cm³/mol. The summed E-state index contributed by atoms with van der Waals surface area (Å²) in [5, 5.41) is 17.6. The van der Waals surface area contributed by atoms with E-state index in [0.717, 1.165) is 22.1 Å². The van der Waals surface area contributed by atoms with Crippen molar-refractivity contribution >= 4 is 22.9 Å². The van der Waals surface area contributed by atoms with Crippen molar-refractivity contribution in [1.82, 2.24) is 10.2 Å². The van der Waals surface area contributed by atoms with Crippen molar-refractivity contribution < 1.29 is 4.74 Å². The van der Waals surface area contributed by atoms with Crippen LogP contribution in [-0.2, 0) is 0 Å². The molecular formula is C19H15N3O2. The smallest absolute Gasteiger partial charge is 0.282 e. The summed E-state index contributed by atoms with van der Waals surface area (Å²) >= 11 is 0. The van der Waals surface area contributed by atoms with Gasteiger partial charge in [0.05, 0.1) is 12.8 Å². The predicted octanol–water partition coefficient (Wildman–Crippen LogP) is 3.28. The van der Waals surface area contributed by atoms with Crippen molar-refractivity contribution in [1.29, 1.82) is 5.26 Å². The number of methoxy groups -OCH3 is 1. The molecule has 0 amide bonds. The van der Waals surface area contributed by atoms with Crippen LogP contribution in [0.25, 0.3) is 22.9 Å². The van der Waals surface area contributed by atoms with E-state index in [1.807, 2.05) is 42.5 Å². The van der Waals surface area contributed by atoms with Crippen molar-refractivity contribution in [3.05, 3.63) is 69.1 Å². The van der Waals surface area contributed by atoms with Crippen molar-refractivity contribution in [2.75, 3.05) is 7.11 Å². The molecule has 0 atom stereocenters. The molecule has 3 rings (SSSR count). The van der Waals surface area contributed by atoms with Crippen LogP contribution in [0.5, 0.6) is 5.75 Å². The van der Waals surface area contributed by atoms with Crippen molar-refractivity contribution in [3.63, 3.8) is 0 Å². The Kier molecular flexibility index (Phi) is 4.13. The molecule has 0 aliphatic carbocycles. The van der Waals surface area contributed by atoms with Crippen LogP contribution in [0.4, 0.5) is 0 Å². The fourth-order valence-electron chi connectivity index (χ4n) is 2.49. The highest BCUT2D eigenvalue weighted by atomic mass is 16.5. The third kappa shape index (κ3) is 2.90. The zero-order valence-corrected chi connectivity index (χ0v) is 13.3. The molecule has 24 heavy (non-hydrogen) atoms. The summed E-state index contributed by atoms with van der Waals surface area (Å²) in [6.45, 7) is 1.72. The number of rotatable bonds is 3. The lowest BCUT2D eigenvalue weighted by molar-refractivity contribution is 0.415. The number of benzene rings is 2. The molecule has 0 radical (unpaired) electrons. The first-order chi connectivity index (χ1) is 11.6. The number of aromatic nitrogens is 2. The van der Waals surface area contributed by atoms with E-state index >= 15 is 0 Å². The number of ether oxygens (including phenoxy) is 1. The Balaban J connectivity index is 1.97. The van der Waals surface area contributed by atoms with Gasteiger partial charge in [-0.25, -0.2) is 5.10 Å². The molecule has 0 saturated heterocycles. The van der Waals surface area contributed by atoms with E-state index in [9.17, 15) is 4.79 Å². The Labute approximate surface area is 138 Å². The number of hydrogen-bond acceptors (Lipinski definition) is 4. The summed E-state index contributed by atoms with van der Waals surface area (Å²) in [7, 11) is 1.65. The van der Waals surface area contributed by atoms with Crippen molar-refractivity contribution in [3.8, 4) is 11.8 Å². The van der Waals surface area contributed by atoms with Crippen LogP contribution >= 0.6 is 0 Å². The van der Waals surface area contributed by atoms with Gasteiger partial charge in [0.15, 0.2) is 0 Å². The Bertz CT molecular complexity index is 1040. The van der Waals surface area contributed by atoms with Crippen LogP contribution in [0.2, 0.25) is 0 Å². The van der Waals surface area contributed by atoms with Gasteiger partial charge in [0.1, 0.15) is 17.4 Å². The fourth-order valence-corrected chi connectivity index (χ4v) is 2.49. The van der Waals surface area contributed by atoms with Gasteiger partial charge in [-0.1, -0.05) is 24.3 Å². The highest BCUT2D eigenvalue weighted by Crippen LogP contribution is 2.22. The molecule has 0 bridgehead atoms. The summed E-state index contributed by atoms with van der Waals surface area (Å²) in [5.41, 5.74) is 1.77. The number of nitriles is 1. The SMILES string of the molecule is COc1ccc2cc(/C=C/c3n[nH]c(=O)c(C#N)c3C)ccc2c1. The molecule has 5 heteroatoms. The van der Waals surface area contributed by atoms with E-state index < -0.39 is 5.56 Å². The van der Waals surface area contributed by atoms with Crippen LogP contribution in [0.1, 0.15) is 22.4 Å². The standard InChI is InChI=1S/C19H15N3O2/c1-12-17(11-20)19(23)22-21-18(12)8-4-13-3-5-15-10-16(24-2)7-6-14(15)9-13/h3-10H,1-2H3,(H,22,23)/b8-4+. The van der Waals surface area contributed by atoms with E-state index in [-0.39, 0.29) is 5.56 Å². The van der Waals surface area contributed by atoms with E-state index in [2.05, 4.69) is 16.3 Å². The lowest BCUT2D eigenvalue weighted by Crippen LogP contribution is -2.15. The minimum Gasteiger partial charge on any atom is -0.497 e. The molecule has 118 valence electrons. The van der Waals surface area contributed by atoms with Gasteiger partial charge in [-0.2, -0.15) is 10.4 Å². The van der Waals surface area contributed by atoms with Crippen molar-refractivity contribution in [2.45, 2.75) is 6.92 Å². The highest BCUT2D eigenvalue weighted by Gasteiger charge is 2.07. The largest absolute Gasteiger partial charge is 0.497 e. The second-order valence-corrected chi connectivity index (χ2v) is 5.36. The lowest BCUT2D eigenvalue weighted by Gasteiger charge is -2.04. The van der Waals surface area contributed by atoms with Gasteiger partial charge in [0, 0.05) is 0 Å². The summed E-state index contributed by atoms with van der Waals surface area (Å²) in [4.78, 5) is 11.5. The van der Waals surface area contributed by atoms with Gasteiger partial charge in [-0.05, 0) is 53.1 Å². The molecular weight excluding hydrogens is 302 g/mol. The Hall–Kier alpha value is -3.39. The van der Waals surface area contributed by atoms with Crippen LogP contribution < -0.4 is 10.3 Å². The van der Waals surface area contributed by atoms with Crippen LogP contribution in [0, 0.1) is 18.3 Å². The van der Waals surface area contributed by atoms with Crippen LogP contribution in [0.15, 0.2) is 41.2 Å². The second kappa shape index (κ2) is 6.39. The van der Waals surface area contributed by atoms with E-state index in [0.29, 0.717) is 11.3 Å². The maximum absolute atomic E-state index is 11.5. The number of nitrogens with zero attached hydrogens (tertiary/aromatic N) is 2. The second-order valence-electron chi connectivity index (χ2n) is 5.36. The Morgan fingerprint density at radius 3 is 2.67 bits per heavy atom. The normalized spacial score (nSPS) is 10.9. The van der Waals surface area contributed by atoms with Gasteiger partial charge >= 0.3 is 0 Å². The van der Waals surface area contributed by atoms with Gasteiger partial charge in [0.2, 0.25) is 0 Å². The quantitative estimate of drug-likeness (QED) is 0.804. The van der Waals surface area contributed by atoms with Gasteiger partial charge in [-0.3, -0.25) is 4.79 Å². The molecule has 2 aromatic carbocycles. The van der Waals surface area contributed by atoms with Gasteiger partial charge in [-0.15, -0.1) is 0 Å². The Morgan fingerprint density at radius 1 is 1.17 bits per heavy atom. The van der Waals surface area contributed by atoms with Crippen LogP contribution in [-0.4, -0.2) is 17.3 Å². The summed E-state index contributed by atoms with van der Waals surface area (Å²) in [5.74, 6) is 0.822. The first-order valence-electron chi connectivity index (χ1n) is 7.37. The number of hydrogen-bond donors (Lipinski definition) is 1. The molecule has 0 unspecified atom stereocenters. The third-order valence-corrected chi connectivity index (χ3v) is 3.88. The zero-order chi connectivity index (χ0) is 17.1. The topological polar surface area (TPSA) is 78.8 Å². The molecule has 0 spiro atoms. The molecule has 5 nitrogen and oxygen atoms in total. The van der Waals surface area contributed by atoms with Crippen molar-refractivity contribution in [2.24, 2.45) is 0 Å².